The Bertz CT molecular complexity index is 1110. The average Bonchev–Trinajstić information content (AvgIpc) is 3.23. The molecule has 0 unspecified atom stereocenters. The highest BCUT2D eigenvalue weighted by Crippen LogP contribution is 2.40. The zero-order chi connectivity index (χ0) is 17.5. The minimum Gasteiger partial charge on any atom is -0.333 e. The lowest BCUT2D eigenvalue weighted by molar-refractivity contribution is 0.102. The molecule has 3 heterocycles. The molecule has 6 nitrogen and oxygen atoms in total. The van der Waals surface area contributed by atoms with Crippen LogP contribution >= 0.6 is 11.3 Å². The molecule has 1 aliphatic rings. The van der Waals surface area contributed by atoms with Gasteiger partial charge in [-0.1, -0.05) is 29.4 Å². The molecule has 5 rings (SSSR count). The van der Waals surface area contributed by atoms with Crippen molar-refractivity contribution in [1.82, 2.24) is 15.1 Å². The summed E-state index contributed by atoms with van der Waals surface area (Å²) in [7, 11) is 0. The van der Waals surface area contributed by atoms with Crippen LogP contribution in [0.15, 0.2) is 52.4 Å². The average molecular weight is 362 g/mol. The predicted molar refractivity (Wildman–Crippen MR) is 99.3 cm³/mol. The Morgan fingerprint density at radius 3 is 2.88 bits per heavy atom. The van der Waals surface area contributed by atoms with Crippen LogP contribution in [-0.4, -0.2) is 21.0 Å². The van der Waals surface area contributed by atoms with E-state index >= 15 is 0 Å². The number of thiophene rings is 1. The van der Waals surface area contributed by atoms with Gasteiger partial charge in [0, 0.05) is 11.3 Å². The third-order valence-corrected chi connectivity index (χ3v) is 5.23. The van der Waals surface area contributed by atoms with Crippen LogP contribution in [0.2, 0.25) is 0 Å². The van der Waals surface area contributed by atoms with E-state index in [4.69, 9.17) is 4.52 Å². The van der Waals surface area contributed by atoms with E-state index in [0.29, 0.717) is 23.2 Å². The highest BCUT2D eigenvalue weighted by molar-refractivity contribution is 7.14. The second-order valence-corrected chi connectivity index (χ2v) is 7.15. The zero-order valence-electron chi connectivity index (χ0n) is 13.7. The van der Waals surface area contributed by atoms with Gasteiger partial charge in [-0.2, -0.15) is 4.98 Å². The second-order valence-electron chi connectivity index (χ2n) is 6.24. The molecular formula is C19H14N4O2S. The number of carbonyl (C=O) groups is 1. The van der Waals surface area contributed by atoms with Crippen LogP contribution < -0.4 is 5.32 Å². The molecule has 0 atom stereocenters. The molecule has 1 aliphatic carbocycles. The van der Waals surface area contributed by atoms with Crippen molar-refractivity contribution in [3.8, 4) is 10.8 Å². The molecule has 0 aliphatic heterocycles. The fourth-order valence-corrected chi connectivity index (χ4v) is 3.56. The Morgan fingerprint density at radius 1 is 1.12 bits per heavy atom. The smallest absolute Gasteiger partial charge is 0.274 e. The number of hydrogen-bond acceptors (Lipinski definition) is 6. The number of nitrogens with zero attached hydrogens (tertiary/aromatic N) is 3. The molecule has 1 N–H and O–H groups in total. The van der Waals surface area contributed by atoms with Crippen molar-refractivity contribution in [3.63, 3.8) is 0 Å². The quantitative estimate of drug-likeness (QED) is 0.579. The fourth-order valence-electron chi connectivity index (χ4n) is 2.79. The summed E-state index contributed by atoms with van der Waals surface area (Å²) >= 11 is 1.46. The van der Waals surface area contributed by atoms with Gasteiger partial charge in [0.25, 0.3) is 11.8 Å². The number of rotatable bonds is 4. The summed E-state index contributed by atoms with van der Waals surface area (Å²) in [5, 5.41) is 9.84. The highest BCUT2D eigenvalue weighted by Gasteiger charge is 2.29. The first-order valence-corrected chi connectivity index (χ1v) is 9.24. The van der Waals surface area contributed by atoms with Crippen LogP contribution in [0.25, 0.3) is 21.7 Å². The molecule has 3 aromatic heterocycles. The number of carbonyl (C=O) groups excluding carboxylic acids is 1. The summed E-state index contributed by atoms with van der Waals surface area (Å²) in [6.07, 6.45) is 2.22. The molecule has 1 saturated carbocycles. The van der Waals surface area contributed by atoms with E-state index in [9.17, 15) is 4.79 Å². The van der Waals surface area contributed by atoms with Crippen LogP contribution in [0.4, 0.5) is 5.69 Å². The number of nitrogens with one attached hydrogen (secondary N) is 1. The Balaban J connectivity index is 1.41. The van der Waals surface area contributed by atoms with Gasteiger partial charge in [0.1, 0.15) is 10.6 Å². The SMILES string of the molecule is O=C(Nc1ccsc1-c1nc(C2CC2)no1)c1ccc2ccccc2n1. The van der Waals surface area contributed by atoms with Crippen molar-refractivity contribution in [2.75, 3.05) is 5.32 Å². The lowest BCUT2D eigenvalue weighted by Crippen LogP contribution is -2.13. The summed E-state index contributed by atoms with van der Waals surface area (Å²) in [5.74, 6) is 1.36. The standard InChI is InChI=1S/C19H14N4O2S/c24-18(15-8-7-11-3-1-2-4-13(11)20-15)21-14-9-10-26-16(14)19-22-17(23-25-19)12-5-6-12/h1-4,7-10,12H,5-6H2,(H,21,24). The Hall–Kier alpha value is -3.06. The van der Waals surface area contributed by atoms with Crippen LogP contribution in [0, 0.1) is 0 Å². The Morgan fingerprint density at radius 2 is 2.00 bits per heavy atom. The molecular weight excluding hydrogens is 348 g/mol. The molecule has 1 amide bonds. The van der Waals surface area contributed by atoms with Gasteiger partial charge in [-0.3, -0.25) is 4.79 Å². The van der Waals surface area contributed by atoms with Gasteiger partial charge >= 0.3 is 0 Å². The summed E-state index contributed by atoms with van der Waals surface area (Å²) in [6.45, 7) is 0. The van der Waals surface area contributed by atoms with Crippen molar-refractivity contribution >= 4 is 33.8 Å². The largest absolute Gasteiger partial charge is 0.333 e. The molecule has 26 heavy (non-hydrogen) atoms. The first kappa shape index (κ1) is 15.2. The van der Waals surface area contributed by atoms with Gasteiger partial charge in [-0.05, 0) is 36.4 Å². The molecule has 1 aromatic carbocycles. The fraction of sp³-hybridized carbons (Fsp3) is 0.158. The number of amides is 1. The van der Waals surface area contributed by atoms with E-state index in [1.807, 2.05) is 41.8 Å². The lowest BCUT2D eigenvalue weighted by Gasteiger charge is -2.05. The minimum atomic E-state index is -0.266. The summed E-state index contributed by atoms with van der Waals surface area (Å²) in [5.41, 5.74) is 1.81. The first-order chi connectivity index (χ1) is 12.8. The molecule has 128 valence electrons. The molecule has 0 saturated heterocycles. The Labute approximate surface area is 152 Å². The summed E-state index contributed by atoms with van der Waals surface area (Å²) in [6, 6.07) is 13.2. The minimum absolute atomic E-state index is 0.266. The van der Waals surface area contributed by atoms with Crippen molar-refractivity contribution in [2.24, 2.45) is 0 Å². The first-order valence-electron chi connectivity index (χ1n) is 8.36. The number of benzene rings is 1. The molecule has 0 bridgehead atoms. The maximum atomic E-state index is 12.6. The van der Waals surface area contributed by atoms with Crippen LogP contribution in [-0.2, 0) is 0 Å². The van der Waals surface area contributed by atoms with E-state index in [-0.39, 0.29) is 5.91 Å². The van der Waals surface area contributed by atoms with Crippen LogP contribution in [0.5, 0.6) is 0 Å². The van der Waals surface area contributed by atoms with E-state index < -0.39 is 0 Å². The molecule has 0 spiro atoms. The van der Waals surface area contributed by atoms with Gasteiger partial charge < -0.3 is 9.84 Å². The van der Waals surface area contributed by atoms with Crippen molar-refractivity contribution < 1.29 is 9.32 Å². The number of anilines is 1. The molecule has 4 aromatic rings. The summed E-state index contributed by atoms with van der Waals surface area (Å²) in [4.78, 5) is 22.3. The van der Waals surface area contributed by atoms with Crippen LogP contribution in [0.1, 0.15) is 35.1 Å². The maximum absolute atomic E-state index is 12.6. The topological polar surface area (TPSA) is 80.9 Å². The van der Waals surface area contributed by atoms with Gasteiger partial charge in [-0.25, -0.2) is 4.98 Å². The number of pyridine rings is 1. The molecule has 7 heteroatoms. The molecule has 0 radical (unpaired) electrons. The van der Waals surface area contributed by atoms with Gasteiger partial charge in [0.15, 0.2) is 5.82 Å². The predicted octanol–water partition coefficient (Wildman–Crippen LogP) is 4.48. The van der Waals surface area contributed by atoms with E-state index in [0.717, 1.165) is 34.4 Å². The third-order valence-electron chi connectivity index (χ3n) is 4.32. The van der Waals surface area contributed by atoms with Gasteiger partial charge in [0.2, 0.25) is 0 Å². The van der Waals surface area contributed by atoms with Gasteiger partial charge in [0.05, 0.1) is 11.2 Å². The normalized spacial score (nSPS) is 13.8. The van der Waals surface area contributed by atoms with Gasteiger partial charge in [-0.15, -0.1) is 11.3 Å². The lowest BCUT2D eigenvalue weighted by atomic mass is 10.2. The third kappa shape index (κ3) is 2.76. The van der Waals surface area contributed by atoms with E-state index in [1.165, 1.54) is 11.3 Å². The van der Waals surface area contributed by atoms with Crippen molar-refractivity contribution in [3.05, 3.63) is 59.4 Å². The van der Waals surface area contributed by atoms with E-state index in [2.05, 4.69) is 20.4 Å². The number of aromatic nitrogens is 3. The highest BCUT2D eigenvalue weighted by atomic mass is 32.1. The van der Waals surface area contributed by atoms with Crippen molar-refractivity contribution in [1.29, 1.82) is 0 Å². The summed E-state index contributed by atoms with van der Waals surface area (Å²) < 4.78 is 5.38. The Kier molecular flexibility index (Phi) is 3.53. The second kappa shape index (κ2) is 6.03. The maximum Gasteiger partial charge on any atom is 0.274 e. The zero-order valence-corrected chi connectivity index (χ0v) is 14.5. The number of para-hydroxylation sites is 1. The molecule has 1 fully saturated rings. The monoisotopic (exact) mass is 362 g/mol. The number of hydrogen-bond donors (Lipinski definition) is 1. The van der Waals surface area contributed by atoms with E-state index in [1.54, 1.807) is 6.07 Å². The van der Waals surface area contributed by atoms with Crippen molar-refractivity contribution in [2.45, 2.75) is 18.8 Å². The number of fused-ring (bicyclic) bond motifs is 1. The van der Waals surface area contributed by atoms with Crippen LogP contribution in [0.3, 0.4) is 0 Å².